The quantitative estimate of drug-likeness (QED) is 0.881. The maximum atomic E-state index is 12.5. The summed E-state index contributed by atoms with van der Waals surface area (Å²) in [6.45, 7) is 1.22. The molecule has 0 radical (unpaired) electrons. The van der Waals surface area contributed by atoms with Gasteiger partial charge in [-0.05, 0) is 12.8 Å². The zero-order valence-electron chi connectivity index (χ0n) is 12.1. The Morgan fingerprint density at radius 3 is 2.77 bits per heavy atom. The third kappa shape index (κ3) is 2.40. The fourth-order valence-corrected chi connectivity index (χ4v) is 3.66. The van der Waals surface area contributed by atoms with Crippen molar-refractivity contribution in [3.63, 3.8) is 0 Å². The van der Waals surface area contributed by atoms with E-state index in [1.165, 1.54) is 10.9 Å². The van der Waals surface area contributed by atoms with Gasteiger partial charge in [0.2, 0.25) is 0 Å². The van der Waals surface area contributed by atoms with Crippen molar-refractivity contribution in [2.24, 2.45) is 7.05 Å². The second kappa shape index (κ2) is 4.82. The normalized spacial score (nSPS) is 19.1. The van der Waals surface area contributed by atoms with Crippen molar-refractivity contribution in [3.05, 3.63) is 24.2 Å². The molecule has 0 unspecified atom stereocenters. The van der Waals surface area contributed by atoms with E-state index < -0.39 is 10.0 Å². The van der Waals surface area contributed by atoms with Crippen molar-refractivity contribution in [3.8, 4) is 0 Å². The summed E-state index contributed by atoms with van der Waals surface area (Å²) in [5.41, 5.74) is 1.30. The minimum absolute atomic E-state index is 0.175. The molecule has 1 aliphatic carbocycles. The highest BCUT2D eigenvalue weighted by molar-refractivity contribution is 7.92. The molecule has 0 aromatic carbocycles. The number of nitrogens with one attached hydrogen (secondary N) is 1. The first-order valence-corrected chi connectivity index (χ1v) is 8.70. The highest BCUT2D eigenvalue weighted by Gasteiger charge is 2.30. The molecule has 1 N–H and O–H groups in total. The van der Waals surface area contributed by atoms with Crippen LogP contribution in [-0.2, 0) is 21.8 Å². The summed E-state index contributed by atoms with van der Waals surface area (Å²) in [7, 11) is -2.02. The molecule has 0 spiro atoms. The number of hydrogen-bond donors (Lipinski definition) is 1. The fraction of sp³-hybridized carbons (Fsp3) is 0.538. The van der Waals surface area contributed by atoms with Gasteiger partial charge >= 0.3 is 0 Å². The van der Waals surface area contributed by atoms with E-state index in [0.717, 1.165) is 18.5 Å². The van der Waals surface area contributed by atoms with Gasteiger partial charge < -0.3 is 4.74 Å². The minimum atomic E-state index is -3.66. The number of anilines is 1. The third-order valence-electron chi connectivity index (χ3n) is 3.98. The van der Waals surface area contributed by atoms with E-state index in [0.29, 0.717) is 24.8 Å². The molecule has 4 rings (SSSR count). The monoisotopic (exact) mass is 323 g/mol. The SMILES string of the molecule is Cn1nc(C2CC2)cc1S(=O)(=O)Nc1cnn(C2COC2)c1. The van der Waals surface area contributed by atoms with Gasteiger partial charge in [-0.25, -0.2) is 0 Å². The molecule has 22 heavy (non-hydrogen) atoms. The topological polar surface area (TPSA) is 91.0 Å². The van der Waals surface area contributed by atoms with Gasteiger partial charge in [0.1, 0.15) is 0 Å². The average Bonchev–Trinajstić information content (AvgIpc) is 3.03. The van der Waals surface area contributed by atoms with Crippen molar-refractivity contribution in [2.45, 2.75) is 29.8 Å². The summed E-state index contributed by atoms with van der Waals surface area (Å²) in [5, 5.41) is 8.64. The van der Waals surface area contributed by atoms with Crippen LogP contribution in [0.25, 0.3) is 0 Å². The zero-order valence-corrected chi connectivity index (χ0v) is 13.0. The van der Waals surface area contributed by atoms with Gasteiger partial charge in [0, 0.05) is 25.2 Å². The van der Waals surface area contributed by atoms with Crippen LogP contribution in [0.1, 0.15) is 30.5 Å². The molecule has 0 atom stereocenters. The number of hydrogen-bond acceptors (Lipinski definition) is 5. The fourth-order valence-electron chi connectivity index (χ4n) is 2.48. The summed E-state index contributed by atoms with van der Waals surface area (Å²) in [5.74, 6) is 0.413. The second-order valence-electron chi connectivity index (χ2n) is 5.81. The maximum absolute atomic E-state index is 12.5. The molecule has 118 valence electrons. The molecular formula is C13H17N5O3S. The van der Waals surface area contributed by atoms with Crippen LogP contribution >= 0.6 is 0 Å². The van der Waals surface area contributed by atoms with Crippen LogP contribution < -0.4 is 4.72 Å². The standard InChI is InChI=1S/C13H17N5O3S/c1-17-13(4-12(15-17)9-2-3-9)22(19,20)16-10-5-14-18(6-10)11-7-21-8-11/h4-6,9,11,16H,2-3,7-8H2,1H3. The Balaban J connectivity index is 1.56. The number of sulfonamides is 1. The minimum Gasteiger partial charge on any atom is -0.377 e. The predicted octanol–water partition coefficient (Wildman–Crippen LogP) is 0.866. The summed E-state index contributed by atoms with van der Waals surface area (Å²) in [6.07, 6.45) is 5.36. The van der Waals surface area contributed by atoms with Gasteiger partial charge in [0.25, 0.3) is 10.0 Å². The molecule has 2 aliphatic rings. The first-order chi connectivity index (χ1) is 10.5. The Morgan fingerprint density at radius 2 is 2.14 bits per heavy atom. The van der Waals surface area contributed by atoms with E-state index >= 15 is 0 Å². The van der Waals surface area contributed by atoms with Crippen LogP contribution in [-0.4, -0.2) is 41.2 Å². The molecule has 0 bridgehead atoms. The molecule has 1 saturated carbocycles. The molecule has 9 heteroatoms. The lowest BCUT2D eigenvalue weighted by molar-refractivity contribution is -0.0286. The van der Waals surface area contributed by atoms with Crippen LogP contribution in [0, 0.1) is 0 Å². The second-order valence-corrected chi connectivity index (χ2v) is 7.44. The van der Waals surface area contributed by atoms with E-state index in [1.54, 1.807) is 24.0 Å². The van der Waals surface area contributed by atoms with Crippen molar-refractivity contribution >= 4 is 15.7 Å². The smallest absolute Gasteiger partial charge is 0.279 e. The van der Waals surface area contributed by atoms with Gasteiger partial charge in [0.05, 0.1) is 36.8 Å². The molecule has 2 aromatic heterocycles. The molecule has 3 heterocycles. The van der Waals surface area contributed by atoms with Crippen LogP contribution in [0.5, 0.6) is 0 Å². The number of aromatic nitrogens is 4. The Morgan fingerprint density at radius 1 is 1.36 bits per heavy atom. The highest BCUT2D eigenvalue weighted by Crippen LogP contribution is 2.39. The molecule has 1 saturated heterocycles. The average molecular weight is 323 g/mol. The Bertz CT molecular complexity index is 802. The largest absolute Gasteiger partial charge is 0.377 e. The van der Waals surface area contributed by atoms with E-state index in [1.807, 2.05) is 0 Å². The van der Waals surface area contributed by atoms with E-state index in [9.17, 15) is 8.42 Å². The van der Waals surface area contributed by atoms with E-state index in [4.69, 9.17) is 4.74 Å². The van der Waals surface area contributed by atoms with Crippen molar-refractivity contribution in [2.75, 3.05) is 17.9 Å². The van der Waals surface area contributed by atoms with Crippen molar-refractivity contribution < 1.29 is 13.2 Å². The molecule has 2 fully saturated rings. The number of aryl methyl sites for hydroxylation is 1. The molecule has 2 aromatic rings. The Kier molecular flexibility index (Phi) is 3.01. The third-order valence-corrected chi connectivity index (χ3v) is 5.41. The molecule has 0 amide bonds. The Labute approximate surface area is 128 Å². The lowest BCUT2D eigenvalue weighted by Crippen LogP contribution is -2.30. The number of ether oxygens (including phenoxy) is 1. The summed E-state index contributed by atoms with van der Waals surface area (Å²) in [6, 6.07) is 1.85. The first kappa shape index (κ1) is 13.8. The van der Waals surface area contributed by atoms with Crippen LogP contribution in [0.2, 0.25) is 0 Å². The van der Waals surface area contributed by atoms with Gasteiger partial charge in [0.15, 0.2) is 5.03 Å². The van der Waals surface area contributed by atoms with Crippen molar-refractivity contribution in [1.29, 1.82) is 0 Å². The maximum Gasteiger partial charge on any atom is 0.279 e. The molecular weight excluding hydrogens is 306 g/mol. The summed E-state index contributed by atoms with van der Waals surface area (Å²) < 4.78 is 35.8. The Hall–Kier alpha value is -1.87. The predicted molar refractivity (Wildman–Crippen MR) is 78.1 cm³/mol. The summed E-state index contributed by atoms with van der Waals surface area (Å²) in [4.78, 5) is 0. The number of nitrogens with zero attached hydrogens (tertiary/aromatic N) is 4. The van der Waals surface area contributed by atoms with Crippen LogP contribution in [0.15, 0.2) is 23.5 Å². The number of rotatable bonds is 5. The van der Waals surface area contributed by atoms with E-state index in [-0.39, 0.29) is 11.1 Å². The molecule has 8 nitrogen and oxygen atoms in total. The lowest BCUT2D eigenvalue weighted by atomic mass is 10.3. The van der Waals surface area contributed by atoms with Gasteiger partial charge in [-0.3, -0.25) is 14.1 Å². The zero-order chi connectivity index (χ0) is 15.3. The lowest BCUT2D eigenvalue weighted by Gasteiger charge is -2.25. The highest BCUT2D eigenvalue weighted by atomic mass is 32.2. The molecule has 1 aliphatic heterocycles. The van der Waals surface area contributed by atoms with Gasteiger partial charge in [-0.15, -0.1) is 0 Å². The summed E-state index contributed by atoms with van der Waals surface area (Å²) >= 11 is 0. The first-order valence-electron chi connectivity index (χ1n) is 7.21. The van der Waals surface area contributed by atoms with Crippen LogP contribution in [0.3, 0.4) is 0 Å². The van der Waals surface area contributed by atoms with E-state index in [2.05, 4.69) is 14.9 Å². The van der Waals surface area contributed by atoms with Crippen molar-refractivity contribution in [1.82, 2.24) is 19.6 Å². The van der Waals surface area contributed by atoms with Gasteiger partial charge in [-0.2, -0.15) is 18.6 Å². The van der Waals surface area contributed by atoms with Crippen LogP contribution in [0.4, 0.5) is 5.69 Å². The van der Waals surface area contributed by atoms with Gasteiger partial charge in [-0.1, -0.05) is 0 Å².